The first-order valence-corrected chi connectivity index (χ1v) is 4.96. The third-order valence-electron chi connectivity index (χ3n) is 1.43. The maximum atomic E-state index is 2.32. The van der Waals surface area contributed by atoms with Crippen LogP contribution in [-0.4, -0.2) is 0 Å². The summed E-state index contributed by atoms with van der Waals surface area (Å²) in [5.74, 6) is 0. The molecule has 0 aliphatic heterocycles. The predicted molar refractivity (Wildman–Crippen MR) is 63.3 cm³/mol. The molecule has 0 bridgehead atoms. The minimum Gasteiger partial charge on any atom is -0.0866 e. The average Bonchev–Trinajstić information content (AvgIpc) is 2.06. The number of rotatable bonds is 2. The van der Waals surface area contributed by atoms with Gasteiger partial charge in [0.1, 0.15) is 0 Å². The Labute approximate surface area is 87.1 Å². The Bertz CT molecular complexity index is 283. The molecule has 0 aliphatic carbocycles. The lowest BCUT2D eigenvalue weighted by atomic mass is 10.2. The van der Waals surface area contributed by atoms with Crippen LogP contribution in [0.25, 0.3) is 6.08 Å². The molecule has 0 nitrogen and oxygen atoms in total. The third kappa shape index (κ3) is 3.22. The number of halogens is 1. The molecule has 1 aromatic rings. The van der Waals surface area contributed by atoms with Gasteiger partial charge in [-0.15, -0.1) is 0 Å². The molecule has 62 valence electrons. The van der Waals surface area contributed by atoms with Crippen molar-refractivity contribution in [1.82, 2.24) is 0 Å². The Hall–Kier alpha value is -0.570. The van der Waals surface area contributed by atoms with E-state index in [0.717, 1.165) is 0 Å². The molecule has 1 aromatic carbocycles. The normalized spacial score (nSPS) is 12.3. The van der Waals surface area contributed by atoms with E-state index in [-0.39, 0.29) is 0 Å². The molecule has 0 spiro atoms. The van der Waals surface area contributed by atoms with Gasteiger partial charge in [-0.2, -0.15) is 0 Å². The summed E-state index contributed by atoms with van der Waals surface area (Å²) in [7, 11) is 0. The molecule has 0 heterocycles. The molecule has 1 heteroatoms. The highest BCUT2D eigenvalue weighted by Crippen LogP contribution is 2.13. The van der Waals surface area contributed by atoms with Crippen LogP contribution in [0, 0.1) is 0 Å². The molecule has 1 rings (SSSR count). The van der Waals surface area contributed by atoms with Crippen LogP contribution in [0.1, 0.15) is 12.5 Å². The van der Waals surface area contributed by atoms with Crippen molar-refractivity contribution in [2.24, 2.45) is 0 Å². The zero-order valence-electron chi connectivity index (χ0n) is 7.00. The van der Waals surface area contributed by atoms with E-state index in [1.165, 1.54) is 9.14 Å². The van der Waals surface area contributed by atoms with E-state index in [2.05, 4.69) is 46.9 Å². The summed E-state index contributed by atoms with van der Waals surface area (Å²) >= 11 is 2.32. The highest BCUT2D eigenvalue weighted by atomic mass is 127. The van der Waals surface area contributed by atoms with Crippen molar-refractivity contribution in [1.29, 1.82) is 0 Å². The van der Waals surface area contributed by atoms with E-state index >= 15 is 0 Å². The van der Waals surface area contributed by atoms with Crippen LogP contribution in [0.4, 0.5) is 0 Å². The third-order valence-corrected chi connectivity index (χ3v) is 2.10. The average molecular weight is 270 g/mol. The second-order valence-corrected chi connectivity index (χ2v) is 3.69. The monoisotopic (exact) mass is 270 g/mol. The molecule has 0 unspecified atom stereocenters. The fraction of sp³-hybridized carbons (Fsp3) is 0.0909. The van der Waals surface area contributed by atoms with Crippen LogP contribution in [0.3, 0.4) is 0 Å². The summed E-state index contributed by atoms with van der Waals surface area (Å²) in [6.07, 6.45) is 6.29. The largest absolute Gasteiger partial charge is 0.0866 e. The minimum atomic E-state index is 1.25. The zero-order chi connectivity index (χ0) is 8.81. The van der Waals surface area contributed by atoms with Gasteiger partial charge in [-0.1, -0.05) is 42.5 Å². The Balaban J connectivity index is 2.81. The van der Waals surface area contributed by atoms with Gasteiger partial charge in [-0.25, -0.2) is 0 Å². The highest BCUT2D eigenvalue weighted by molar-refractivity contribution is 14.1. The topological polar surface area (TPSA) is 0 Å². The molecule has 0 amide bonds. The van der Waals surface area contributed by atoms with Gasteiger partial charge in [0.05, 0.1) is 0 Å². The molecular formula is C11H11I. The quantitative estimate of drug-likeness (QED) is 0.562. The summed E-state index contributed by atoms with van der Waals surface area (Å²) in [6, 6.07) is 10.3. The minimum absolute atomic E-state index is 1.25. The fourth-order valence-corrected chi connectivity index (χ4v) is 1.63. The maximum Gasteiger partial charge on any atom is 0.0132 e. The van der Waals surface area contributed by atoms with Crippen molar-refractivity contribution in [3.05, 3.63) is 51.6 Å². The van der Waals surface area contributed by atoms with Crippen molar-refractivity contribution >= 4 is 28.7 Å². The Kier molecular flexibility index (Phi) is 4.08. The van der Waals surface area contributed by atoms with Crippen molar-refractivity contribution in [3.63, 3.8) is 0 Å². The molecule has 0 saturated carbocycles. The van der Waals surface area contributed by atoms with Crippen LogP contribution in [0.5, 0.6) is 0 Å². The van der Waals surface area contributed by atoms with E-state index in [1.54, 1.807) is 0 Å². The molecule has 0 atom stereocenters. The lowest BCUT2D eigenvalue weighted by molar-refractivity contribution is 1.65. The zero-order valence-corrected chi connectivity index (χ0v) is 9.15. The Morgan fingerprint density at radius 3 is 2.50 bits per heavy atom. The SMILES string of the molecule is C/C=C\C(I)=C\c1ccccc1. The van der Waals surface area contributed by atoms with Crippen LogP contribution in [0.15, 0.2) is 46.1 Å². The van der Waals surface area contributed by atoms with Crippen LogP contribution in [-0.2, 0) is 0 Å². The highest BCUT2D eigenvalue weighted by Gasteiger charge is 1.85. The summed E-state index contributed by atoms with van der Waals surface area (Å²) in [4.78, 5) is 0. The number of benzene rings is 1. The molecule has 0 radical (unpaired) electrons. The van der Waals surface area contributed by atoms with E-state index in [1.807, 2.05) is 31.2 Å². The first-order chi connectivity index (χ1) is 5.83. The van der Waals surface area contributed by atoms with E-state index < -0.39 is 0 Å². The van der Waals surface area contributed by atoms with Gasteiger partial charge in [0.2, 0.25) is 0 Å². The van der Waals surface area contributed by atoms with Crippen molar-refractivity contribution in [2.45, 2.75) is 6.92 Å². The molecular weight excluding hydrogens is 259 g/mol. The lowest BCUT2D eigenvalue weighted by Gasteiger charge is -1.92. The first kappa shape index (κ1) is 9.52. The molecule has 0 aromatic heterocycles. The van der Waals surface area contributed by atoms with Gasteiger partial charge in [-0.3, -0.25) is 0 Å². The molecule has 0 saturated heterocycles. The second kappa shape index (κ2) is 5.14. The summed E-state index contributed by atoms with van der Waals surface area (Å²) in [6.45, 7) is 2.03. The number of allylic oxidation sites excluding steroid dienone is 3. The van der Waals surface area contributed by atoms with E-state index in [9.17, 15) is 0 Å². The van der Waals surface area contributed by atoms with Gasteiger partial charge in [0, 0.05) is 3.58 Å². The molecule has 0 aliphatic rings. The van der Waals surface area contributed by atoms with Crippen LogP contribution in [0.2, 0.25) is 0 Å². The van der Waals surface area contributed by atoms with Gasteiger partial charge in [0.15, 0.2) is 0 Å². The maximum absolute atomic E-state index is 2.32. The van der Waals surface area contributed by atoms with Gasteiger partial charge < -0.3 is 0 Å². The summed E-state index contributed by atoms with van der Waals surface area (Å²) in [5, 5.41) is 0. The fourth-order valence-electron chi connectivity index (χ4n) is 0.916. The number of hydrogen-bond acceptors (Lipinski definition) is 0. The second-order valence-electron chi connectivity index (χ2n) is 2.44. The van der Waals surface area contributed by atoms with E-state index in [4.69, 9.17) is 0 Å². The van der Waals surface area contributed by atoms with Gasteiger partial charge in [0.25, 0.3) is 0 Å². The van der Waals surface area contributed by atoms with Crippen LogP contribution < -0.4 is 0 Å². The lowest BCUT2D eigenvalue weighted by Crippen LogP contribution is -1.69. The smallest absolute Gasteiger partial charge is 0.0132 e. The van der Waals surface area contributed by atoms with Crippen molar-refractivity contribution in [2.75, 3.05) is 0 Å². The standard InChI is InChI=1S/C11H11I/c1-2-6-11(12)9-10-7-4-3-5-8-10/h2-9H,1H3/b6-2-,11-9-. The summed E-state index contributed by atoms with van der Waals surface area (Å²) < 4.78 is 1.25. The van der Waals surface area contributed by atoms with Crippen molar-refractivity contribution < 1.29 is 0 Å². The van der Waals surface area contributed by atoms with Crippen LogP contribution >= 0.6 is 22.6 Å². The number of hydrogen-bond donors (Lipinski definition) is 0. The Morgan fingerprint density at radius 2 is 1.92 bits per heavy atom. The summed E-state index contributed by atoms with van der Waals surface area (Å²) in [5.41, 5.74) is 1.25. The van der Waals surface area contributed by atoms with Crippen molar-refractivity contribution in [3.8, 4) is 0 Å². The van der Waals surface area contributed by atoms with Gasteiger partial charge in [-0.05, 0) is 41.2 Å². The first-order valence-electron chi connectivity index (χ1n) is 3.88. The molecule has 0 fully saturated rings. The predicted octanol–water partition coefficient (Wildman–Crippen LogP) is 4.04. The Morgan fingerprint density at radius 1 is 1.25 bits per heavy atom. The van der Waals surface area contributed by atoms with E-state index in [0.29, 0.717) is 0 Å². The van der Waals surface area contributed by atoms with Gasteiger partial charge >= 0.3 is 0 Å². The molecule has 12 heavy (non-hydrogen) atoms. The molecule has 0 N–H and O–H groups in total.